The Morgan fingerprint density at radius 1 is 1.33 bits per heavy atom. The molecule has 0 bridgehead atoms. The van der Waals surface area contributed by atoms with Crippen LogP contribution in [-0.2, 0) is 0 Å². The largest absolute Gasteiger partial charge is 0.317 e. The molecule has 0 unspecified atom stereocenters. The predicted molar refractivity (Wildman–Crippen MR) is 54.3 cm³/mol. The lowest BCUT2D eigenvalue weighted by Crippen LogP contribution is -2.52. The van der Waals surface area contributed by atoms with Crippen molar-refractivity contribution in [2.75, 3.05) is 41.8 Å². The van der Waals surface area contributed by atoms with Crippen molar-refractivity contribution in [2.45, 2.75) is 13.3 Å². The molecule has 0 aromatic heterocycles. The van der Waals surface area contributed by atoms with Crippen LogP contribution in [0.4, 0.5) is 0 Å². The van der Waals surface area contributed by atoms with Crippen LogP contribution in [0.5, 0.6) is 0 Å². The fourth-order valence-electron chi connectivity index (χ4n) is 1.67. The van der Waals surface area contributed by atoms with Gasteiger partial charge in [0, 0.05) is 21.1 Å². The van der Waals surface area contributed by atoms with Crippen molar-refractivity contribution in [3.63, 3.8) is 0 Å². The van der Waals surface area contributed by atoms with Crippen LogP contribution in [0.2, 0.25) is 0 Å². The van der Waals surface area contributed by atoms with Crippen LogP contribution in [0.3, 0.4) is 0 Å². The monoisotopic (exact) mass is 172 g/mol. The van der Waals surface area contributed by atoms with Crippen molar-refractivity contribution in [3.05, 3.63) is 0 Å². The van der Waals surface area contributed by atoms with Crippen LogP contribution in [0, 0.1) is 0 Å². The van der Waals surface area contributed by atoms with Crippen LogP contribution in [0.25, 0.3) is 0 Å². The Kier molecular flexibility index (Phi) is 4.24. The molecule has 0 aliphatic carbocycles. The van der Waals surface area contributed by atoms with Gasteiger partial charge in [0.2, 0.25) is 0 Å². The molecule has 0 rings (SSSR count). The molecule has 0 spiro atoms. The summed E-state index contributed by atoms with van der Waals surface area (Å²) in [6, 6.07) is 0. The Morgan fingerprint density at radius 2 is 1.83 bits per heavy atom. The molecule has 0 aromatic rings. The van der Waals surface area contributed by atoms with Gasteiger partial charge in [0.15, 0.2) is 0 Å². The fourth-order valence-corrected chi connectivity index (χ4v) is 1.67. The minimum atomic E-state index is 0.861. The van der Waals surface area contributed by atoms with E-state index in [1.807, 2.05) is 21.1 Å². The summed E-state index contributed by atoms with van der Waals surface area (Å²) in [5.41, 5.74) is 0. The molecule has 72 valence electrons. The molecule has 0 aliphatic heterocycles. The van der Waals surface area contributed by atoms with Gasteiger partial charge in [0.25, 0.3) is 5.96 Å². The van der Waals surface area contributed by atoms with E-state index in [4.69, 9.17) is 0 Å². The zero-order valence-corrected chi connectivity index (χ0v) is 9.26. The summed E-state index contributed by atoms with van der Waals surface area (Å²) < 4.78 is 0.861. The lowest BCUT2D eigenvalue weighted by atomic mass is 10.4. The van der Waals surface area contributed by atoms with Crippen molar-refractivity contribution >= 4 is 5.96 Å². The van der Waals surface area contributed by atoms with Crippen molar-refractivity contribution in [3.8, 4) is 0 Å². The Bertz CT molecular complexity index is 159. The second kappa shape index (κ2) is 4.45. The fraction of sp³-hybridized carbons (Fsp3) is 0.889. The summed E-state index contributed by atoms with van der Waals surface area (Å²) in [6.45, 7) is 3.33. The minimum Gasteiger partial charge on any atom is -0.317 e. The van der Waals surface area contributed by atoms with E-state index in [1.165, 1.54) is 6.42 Å². The molecular formula is C9H22N3+. The van der Waals surface area contributed by atoms with E-state index in [-0.39, 0.29) is 0 Å². The van der Waals surface area contributed by atoms with E-state index in [0.29, 0.717) is 0 Å². The molecule has 0 atom stereocenters. The van der Waals surface area contributed by atoms with E-state index < -0.39 is 0 Å². The first-order valence-electron chi connectivity index (χ1n) is 4.43. The number of hydrogen-bond acceptors (Lipinski definition) is 1. The first-order chi connectivity index (χ1) is 5.45. The zero-order chi connectivity index (χ0) is 9.78. The second-order valence-electron chi connectivity index (χ2n) is 3.83. The van der Waals surface area contributed by atoms with Gasteiger partial charge >= 0.3 is 0 Å². The lowest BCUT2D eigenvalue weighted by Gasteiger charge is -2.32. The second-order valence-corrected chi connectivity index (χ2v) is 3.83. The third kappa shape index (κ3) is 2.81. The number of nitrogens with zero attached hydrogens (tertiary/aromatic N) is 3. The normalized spacial score (nSPS) is 13.3. The van der Waals surface area contributed by atoms with Crippen LogP contribution in [0.1, 0.15) is 13.3 Å². The molecule has 0 N–H and O–H groups in total. The first kappa shape index (κ1) is 11.4. The first-order valence-corrected chi connectivity index (χ1v) is 4.43. The highest BCUT2D eigenvalue weighted by atomic mass is 15.5. The molecule has 0 fully saturated rings. The van der Waals surface area contributed by atoms with Crippen molar-refractivity contribution in [2.24, 2.45) is 4.99 Å². The Balaban J connectivity index is 4.49. The summed E-state index contributed by atoms with van der Waals surface area (Å²) in [4.78, 5) is 6.37. The van der Waals surface area contributed by atoms with E-state index >= 15 is 0 Å². The topological polar surface area (TPSA) is 15.6 Å². The maximum atomic E-state index is 4.29. The Hall–Kier alpha value is -0.570. The molecule has 0 radical (unpaired) electrons. The Morgan fingerprint density at radius 3 is 2.08 bits per heavy atom. The number of hydrogen-bond donors (Lipinski definition) is 0. The van der Waals surface area contributed by atoms with Gasteiger partial charge in [-0.2, -0.15) is 0 Å². The van der Waals surface area contributed by atoms with Crippen LogP contribution in [0.15, 0.2) is 4.99 Å². The van der Waals surface area contributed by atoms with Gasteiger partial charge in [-0.15, -0.1) is 0 Å². The number of guanidine groups is 1. The zero-order valence-electron chi connectivity index (χ0n) is 9.26. The van der Waals surface area contributed by atoms with Crippen molar-refractivity contribution < 1.29 is 4.48 Å². The van der Waals surface area contributed by atoms with Crippen molar-refractivity contribution in [1.82, 2.24) is 4.90 Å². The molecule has 0 amide bonds. The van der Waals surface area contributed by atoms with Crippen molar-refractivity contribution in [1.29, 1.82) is 0 Å². The van der Waals surface area contributed by atoms with Gasteiger partial charge in [-0.25, -0.2) is 4.99 Å². The van der Waals surface area contributed by atoms with Crippen LogP contribution in [-0.4, -0.2) is 57.1 Å². The summed E-state index contributed by atoms with van der Waals surface area (Å²) in [5.74, 6) is 1.12. The van der Waals surface area contributed by atoms with Gasteiger partial charge in [0.1, 0.15) is 0 Å². The Labute approximate surface area is 76.3 Å². The molecule has 0 aromatic carbocycles. The molecule has 0 saturated heterocycles. The summed E-state index contributed by atoms with van der Waals surface area (Å²) in [6.07, 6.45) is 1.18. The van der Waals surface area contributed by atoms with Gasteiger partial charge in [-0.1, -0.05) is 6.92 Å². The SMILES string of the molecule is CCC[N+](C)(C)C(=NC)N(C)C. The summed E-state index contributed by atoms with van der Waals surface area (Å²) >= 11 is 0. The van der Waals surface area contributed by atoms with E-state index in [1.54, 1.807) is 0 Å². The van der Waals surface area contributed by atoms with E-state index in [0.717, 1.165) is 17.0 Å². The minimum absolute atomic E-state index is 0.861. The highest BCUT2D eigenvalue weighted by molar-refractivity contribution is 5.72. The van der Waals surface area contributed by atoms with Crippen LogP contribution >= 0.6 is 0 Å². The third-order valence-corrected chi connectivity index (χ3v) is 1.92. The van der Waals surface area contributed by atoms with Gasteiger partial charge in [0.05, 0.1) is 20.6 Å². The van der Waals surface area contributed by atoms with Gasteiger partial charge in [-0.05, 0) is 6.42 Å². The molecule has 3 heteroatoms. The van der Waals surface area contributed by atoms with E-state index in [9.17, 15) is 0 Å². The quantitative estimate of drug-likeness (QED) is 0.345. The number of rotatable bonds is 2. The highest BCUT2D eigenvalue weighted by Gasteiger charge is 2.23. The maximum absolute atomic E-state index is 4.29. The lowest BCUT2D eigenvalue weighted by molar-refractivity contribution is -0.805. The molecule has 3 nitrogen and oxygen atoms in total. The standard InChI is InChI=1S/C9H22N3/c1-7-8-12(5,6)9(10-2)11(3)4/h7-8H2,1-6H3/q+1. The molecule has 0 saturated carbocycles. The predicted octanol–water partition coefficient (Wildman–Crippen LogP) is 1.02. The summed E-state index contributed by atoms with van der Waals surface area (Å²) in [5, 5.41) is 0. The number of quaternary nitrogens is 1. The molecule has 0 aliphatic rings. The van der Waals surface area contributed by atoms with Gasteiger partial charge in [-0.3, -0.25) is 4.48 Å². The average molecular weight is 172 g/mol. The number of aliphatic imine (C=N–C) groups is 1. The maximum Gasteiger partial charge on any atom is 0.299 e. The van der Waals surface area contributed by atoms with Gasteiger partial charge < -0.3 is 4.90 Å². The highest BCUT2D eigenvalue weighted by Crippen LogP contribution is 2.03. The molecule has 0 heterocycles. The average Bonchev–Trinajstić information content (AvgIpc) is 1.86. The summed E-state index contributed by atoms with van der Waals surface area (Å²) in [7, 11) is 10.3. The molecule has 12 heavy (non-hydrogen) atoms. The third-order valence-electron chi connectivity index (χ3n) is 1.92. The van der Waals surface area contributed by atoms with Crippen LogP contribution < -0.4 is 0 Å². The molecular weight excluding hydrogens is 150 g/mol. The smallest absolute Gasteiger partial charge is 0.299 e. The van der Waals surface area contributed by atoms with E-state index in [2.05, 4.69) is 30.9 Å².